The summed E-state index contributed by atoms with van der Waals surface area (Å²) in [7, 11) is 0.997. The fraction of sp³-hybridized carbons (Fsp3) is 0.435. The molecule has 32 heavy (non-hydrogen) atoms. The van der Waals surface area contributed by atoms with Gasteiger partial charge in [0, 0.05) is 44.9 Å². The van der Waals surface area contributed by atoms with Crippen LogP contribution >= 0.6 is 11.6 Å². The van der Waals surface area contributed by atoms with Gasteiger partial charge in [0.25, 0.3) is 5.91 Å². The van der Waals surface area contributed by atoms with Crippen LogP contribution in [0.4, 0.5) is 5.69 Å². The van der Waals surface area contributed by atoms with E-state index in [4.69, 9.17) is 16.3 Å². The highest BCUT2D eigenvalue weighted by Crippen LogP contribution is 2.29. The second-order valence-corrected chi connectivity index (χ2v) is 10.6. The molecule has 0 saturated carbocycles. The van der Waals surface area contributed by atoms with Crippen molar-refractivity contribution in [1.82, 2.24) is 9.21 Å². The number of hydrogen-bond donors (Lipinski definition) is 0. The number of rotatable bonds is 8. The summed E-state index contributed by atoms with van der Waals surface area (Å²) in [6.07, 6.45) is 3.26. The van der Waals surface area contributed by atoms with E-state index >= 15 is 0 Å². The molecular weight excluding hydrogens is 450 g/mol. The van der Waals surface area contributed by atoms with E-state index in [1.54, 1.807) is 48.3 Å². The lowest BCUT2D eigenvalue weighted by atomic mass is 10.1. The summed E-state index contributed by atoms with van der Waals surface area (Å²) >= 11 is 5.98. The minimum Gasteiger partial charge on any atom is -0.492 e. The fourth-order valence-corrected chi connectivity index (χ4v) is 4.74. The standard InChI is InChI=1S/C23H30ClN3O4S/c1-25(2)32(29,30)20-10-11-22(27-12-5-4-6-13-27)21(17-20)23(28)26(3)14-15-31-19-9-7-8-18(24)16-19/h7-11,16-17H,4-6,12-15H2,1-3H3. The molecule has 0 N–H and O–H groups in total. The van der Waals surface area contributed by atoms with Crippen LogP contribution < -0.4 is 9.64 Å². The average Bonchev–Trinajstić information content (AvgIpc) is 2.78. The number of piperidine rings is 1. The molecule has 9 heteroatoms. The number of nitrogens with zero attached hydrogens (tertiary/aromatic N) is 3. The van der Waals surface area contributed by atoms with Crippen molar-refractivity contribution < 1.29 is 17.9 Å². The van der Waals surface area contributed by atoms with Gasteiger partial charge in [0.05, 0.1) is 17.0 Å². The minimum absolute atomic E-state index is 0.107. The molecule has 0 aromatic heterocycles. The van der Waals surface area contributed by atoms with Crippen LogP contribution in [0.15, 0.2) is 47.4 Å². The molecule has 174 valence electrons. The Morgan fingerprint density at radius 1 is 1.06 bits per heavy atom. The molecule has 0 bridgehead atoms. The van der Waals surface area contributed by atoms with E-state index in [0.29, 0.717) is 22.9 Å². The number of amides is 1. The Morgan fingerprint density at radius 3 is 2.44 bits per heavy atom. The van der Waals surface area contributed by atoms with E-state index < -0.39 is 10.0 Å². The van der Waals surface area contributed by atoms with Crippen molar-refractivity contribution in [2.75, 3.05) is 52.3 Å². The highest BCUT2D eigenvalue weighted by Gasteiger charge is 2.25. The van der Waals surface area contributed by atoms with Gasteiger partial charge >= 0.3 is 0 Å². The van der Waals surface area contributed by atoms with E-state index in [-0.39, 0.29) is 17.4 Å². The predicted octanol–water partition coefficient (Wildman–Crippen LogP) is 3.73. The maximum atomic E-state index is 13.4. The number of benzene rings is 2. The van der Waals surface area contributed by atoms with E-state index in [1.807, 2.05) is 0 Å². The summed E-state index contributed by atoms with van der Waals surface area (Å²) in [5.41, 5.74) is 1.16. The second-order valence-electron chi connectivity index (χ2n) is 8.05. The number of carbonyl (C=O) groups is 1. The van der Waals surface area contributed by atoms with Crippen LogP contribution in [0.3, 0.4) is 0 Å². The fourth-order valence-electron chi connectivity index (χ4n) is 3.63. The molecule has 1 heterocycles. The molecular formula is C23H30ClN3O4S. The highest BCUT2D eigenvalue weighted by molar-refractivity contribution is 7.89. The monoisotopic (exact) mass is 479 g/mol. The van der Waals surface area contributed by atoms with Crippen LogP contribution in [-0.2, 0) is 10.0 Å². The van der Waals surface area contributed by atoms with E-state index in [0.717, 1.165) is 42.3 Å². The number of ether oxygens (including phenoxy) is 1. The Balaban J connectivity index is 1.82. The maximum Gasteiger partial charge on any atom is 0.255 e. The normalized spacial score (nSPS) is 14.5. The van der Waals surface area contributed by atoms with Crippen LogP contribution in [0.2, 0.25) is 5.02 Å². The summed E-state index contributed by atoms with van der Waals surface area (Å²) in [4.78, 5) is 17.2. The van der Waals surface area contributed by atoms with Gasteiger partial charge < -0.3 is 14.5 Å². The lowest BCUT2D eigenvalue weighted by Gasteiger charge is -2.31. The van der Waals surface area contributed by atoms with E-state index in [9.17, 15) is 13.2 Å². The molecule has 0 radical (unpaired) electrons. The number of anilines is 1. The molecule has 1 amide bonds. The van der Waals surface area contributed by atoms with Gasteiger partial charge in [-0.25, -0.2) is 12.7 Å². The van der Waals surface area contributed by atoms with Crippen molar-refractivity contribution in [2.24, 2.45) is 0 Å². The summed E-state index contributed by atoms with van der Waals surface area (Å²) < 4.78 is 32.2. The van der Waals surface area contributed by atoms with Crippen LogP contribution in [0, 0.1) is 0 Å². The van der Waals surface area contributed by atoms with Gasteiger partial charge in [-0.05, 0) is 55.7 Å². The van der Waals surface area contributed by atoms with Crippen molar-refractivity contribution >= 4 is 33.2 Å². The molecule has 0 atom stereocenters. The molecule has 1 aliphatic rings. The lowest BCUT2D eigenvalue weighted by molar-refractivity contribution is 0.0774. The second kappa shape index (κ2) is 10.6. The van der Waals surface area contributed by atoms with E-state index in [2.05, 4.69) is 4.90 Å². The molecule has 1 saturated heterocycles. The Bertz CT molecular complexity index is 1050. The van der Waals surface area contributed by atoms with Crippen LogP contribution in [0.1, 0.15) is 29.6 Å². The maximum absolute atomic E-state index is 13.4. The molecule has 1 fully saturated rings. The van der Waals surface area contributed by atoms with Gasteiger partial charge in [-0.1, -0.05) is 17.7 Å². The number of carbonyl (C=O) groups excluding carboxylic acids is 1. The third-order valence-corrected chi connectivity index (χ3v) is 7.56. The molecule has 2 aromatic rings. The van der Waals surface area contributed by atoms with Gasteiger partial charge in [0.1, 0.15) is 12.4 Å². The molecule has 0 aliphatic carbocycles. The SMILES string of the molecule is CN(CCOc1cccc(Cl)c1)C(=O)c1cc(S(=O)(=O)N(C)C)ccc1N1CCCCC1. The first-order valence-electron chi connectivity index (χ1n) is 10.7. The molecule has 1 aliphatic heterocycles. The summed E-state index contributed by atoms with van der Waals surface area (Å²) in [6.45, 7) is 2.33. The quantitative estimate of drug-likeness (QED) is 0.577. The third-order valence-electron chi connectivity index (χ3n) is 5.51. The van der Waals surface area contributed by atoms with Crippen molar-refractivity contribution in [2.45, 2.75) is 24.2 Å². The van der Waals surface area contributed by atoms with Gasteiger partial charge in [-0.2, -0.15) is 0 Å². The molecule has 0 unspecified atom stereocenters. The van der Waals surface area contributed by atoms with E-state index in [1.165, 1.54) is 20.2 Å². The molecule has 0 spiro atoms. The molecule has 7 nitrogen and oxygen atoms in total. The number of halogens is 1. The summed E-state index contributed by atoms with van der Waals surface area (Å²) in [6, 6.07) is 11.9. The Labute approximate surface area is 195 Å². The highest BCUT2D eigenvalue weighted by atomic mass is 35.5. The largest absolute Gasteiger partial charge is 0.492 e. The predicted molar refractivity (Wildman–Crippen MR) is 127 cm³/mol. The molecule has 2 aromatic carbocycles. The first-order chi connectivity index (χ1) is 15.2. The first kappa shape index (κ1) is 24.4. The van der Waals surface area contributed by atoms with Gasteiger partial charge in [0.2, 0.25) is 10.0 Å². The van der Waals surface area contributed by atoms with Crippen molar-refractivity contribution in [3.8, 4) is 5.75 Å². The van der Waals surface area contributed by atoms with Crippen LogP contribution in [0.5, 0.6) is 5.75 Å². The third kappa shape index (κ3) is 5.74. The van der Waals surface area contributed by atoms with Crippen molar-refractivity contribution in [3.05, 3.63) is 53.1 Å². The lowest BCUT2D eigenvalue weighted by Crippen LogP contribution is -2.35. The zero-order chi connectivity index (χ0) is 23.3. The number of sulfonamides is 1. The van der Waals surface area contributed by atoms with Gasteiger partial charge in [-0.15, -0.1) is 0 Å². The Hall–Kier alpha value is -2.29. The average molecular weight is 480 g/mol. The van der Waals surface area contributed by atoms with Gasteiger partial charge in [-0.3, -0.25) is 4.79 Å². The molecule has 3 rings (SSSR count). The minimum atomic E-state index is -3.66. The summed E-state index contributed by atoms with van der Waals surface area (Å²) in [5.74, 6) is 0.391. The van der Waals surface area contributed by atoms with Crippen LogP contribution in [0.25, 0.3) is 0 Å². The zero-order valence-electron chi connectivity index (χ0n) is 18.8. The van der Waals surface area contributed by atoms with Crippen molar-refractivity contribution in [1.29, 1.82) is 0 Å². The van der Waals surface area contributed by atoms with Crippen LogP contribution in [-0.4, -0.2) is 70.9 Å². The Kier molecular flexibility index (Phi) is 8.03. The first-order valence-corrected chi connectivity index (χ1v) is 12.5. The van der Waals surface area contributed by atoms with Crippen molar-refractivity contribution in [3.63, 3.8) is 0 Å². The smallest absolute Gasteiger partial charge is 0.255 e. The summed E-state index contributed by atoms with van der Waals surface area (Å²) in [5, 5.41) is 0.581. The van der Waals surface area contributed by atoms with Gasteiger partial charge in [0.15, 0.2) is 0 Å². The number of likely N-dealkylation sites (N-methyl/N-ethyl adjacent to an activating group) is 1. The zero-order valence-corrected chi connectivity index (χ0v) is 20.3. The number of hydrogen-bond acceptors (Lipinski definition) is 5. The topological polar surface area (TPSA) is 70.2 Å². The Morgan fingerprint density at radius 2 is 1.78 bits per heavy atom.